The number of hydrogen-bond acceptors (Lipinski definition) is 10. The van der Waals surface area contributed by atoms with Gasteiger partial charge in [-0.3, -0.25) is 5.43 Å². The Morgan fingerprint density at radius 3 is 2.54 bits per heavy atom. The minimum absolute atomic E-state index is 0.169. The molecule has 2 amide bonds. The van der Waals surface area contributed by atoms with Crippen LogP contribution in [0.25, 0.3) is 0 Å². The smallest absolute Gasteiger partial charge is 0.337 e. The number of amides is 2. The van der Waals surface area contributed by atoms with Crippen molar-refractivity contribution >= 4 is 45.7 Å². The van der Waals surface area contributed by atoms with E-state index in [-0.39, 0.29) is 12.2 Å². The van der Waals surface area contributed by atoms with E-state index in [1.54, 1.807) is 56.5 Å². The van der Waals surface area contributed by atoms with Crippen LogP contribution in [-0.4, -0.2) is 57.0 Å². The summed E-state index contributed by atoms with van der Waals surface area (Å²) in [5.74, 6) is 1.16. The van der Waals surface area contributed by atoms with Crippen LogP contribution >= 0.6 is 27.5 Å². The molecular formula is C32H34BrClN4O8. The molecule has 244 valence electrons. The summed E-state index contributed by atoms with van der Waals surface area (Å²) in [6, 6.07) is 14.7. The van der Waals surface area contributed by atoms with Gasteiger partial charge in [0.05, 0.1) is 43.1 Å². The average molecular weight is 718 g/mol. The molecule has 0 radical (unpaired) electrons. The minimum Gasteiger partial charge on any atom is -0.493 e. The first kappa shape index (κ1) is 34.4. The quantitative estimate of drug-likeness (QED) is 0.0764. The number of hydrogen-bond donors (Lipinski definition) is 4. The maximum absolute atomic E-state index is 12.5. The Balaban J connectivity index is 1.38. The Hall–Kier alpha value is -4.46. The number of carbonyl (C=O) groups excluding carboxylic acids is 2. The van der Waals surface area contributed by atoms with Crippen molar-refractivity contribution in [1.82, 2.24) is 16.1 Å². The molecule has 46 heavy (non-hydrogen) atoms. The summed E-state index contributed by atoms with van der Waals surface area (Å²) < 4.78 is 28.6. The Morgan fingerprint density at radius 2 is 1.85 bits per heavy atom. The van der Waals surface area contributed by atoms with Gasteiger partial charge in [0.25, 0.3) is 0 Å². The first-order valence-electron chi connectivity index (χ1n) is 14.1. The molecular weight excluding hydrogens is 684 g/mol. The zero-order chi connectivity index (χ0) is 33.2. The van der Waals surface area contributed by atoms with Crippen molar-refractivity contribution in [2.75, 3.05) is 27.4 Å². The first-order chi connectivity index (χ1) is 22.1. The highest BCUT2D eigenvalue weighted by atomic mass is 79.9. The fourth-order valence-corrected chi connectivity index (χ4v) is 5.21. The van der Waals surface area contributed by atoms with Crippen molar-refractivity contribution < 1.29 is 38.4 Å². The predicted octanol–water partition coefficient (Wildman–Crippen LogP) is 5.21. The van der Waals surface area contributed by atoms with E-state index in [9.17, 15) is 14.7 Å². The van der Waals surface area contributed by atoms with Gasteiger partial charge in [-0.2, -0.15) is 5.10 Å². The van der Waals surface area contributed by atoms with Crippen LogP contribution in [0.4, 0.5) is 4.79 Å². The number of allylic oxidation sites excluding steroid dienone is 1. The van der Waals surface area contributed by atoms with E-state index in [0.717, 1.165) is 5.56 Å². The lowest BCUT2D eigenvalue weighted by Crippen LogP contribution is -2.45. The van der Waals surface area contributed by atoms with Crippen LogP contribution in [0.15, 0.2) is 75.4 Å². The molecule has 14 heteroatoms. The number of rotatable bonds is 14. The molecule has 1 aliphatic heterocycles. The van der Waals surface area contributed by atoms with Crippen molar-refractivity contribution in [3.63, 3.8) is 0 Å². The maximum atomic E-state index is 12.5. The summed E-state index contributed by atoms with van der Waals surface area (Å²) in [7, 11) is 2.81. The molecule has 4 N–H and O–H groups in total. The van der Waals surface area contributed by atoms with Crippen LogP contribution in [0.3, 0.4) is 0 Å². The summed E-state index contributed by atoms with van der Waals surface area (Å²) in [4.78, 5) is 24.6. The van der Waals surface area contributed by atoms with Gasteiger partial charge >= 0.3 is 12.0 Å². The van der Waals surface area contributed by atoms with E-state index < -0.39 is 24.3 Å². The number of halogens is 2. The normalized spacial score (nSPS) is 15.1. The van der Waals surface area contributed by atoms with Gasteiger partial charge in [-0.1, -0.05) is 29.8 Å². The minimum atomic E-state index is -1.17. The average Bonchev–Trinajstić information content (AvgIpc) is 3.03. The van der Waals surface area contributed by atoms with Crippen LogP contribution in [0.2, 0.25) is 5.02 Å². The standard InChI is InChI=1S/C32H34BrClN4O8/c1-5-44-25-14-21(29-28(31(40)43-4)18(2)36-32(41)37-29)8-11-24(25)45-17-27(39)38-35-15-20-12-23(33)30(26(13-20)42-3)46-16-19-6-9-22(34)10-7-19/h6-15,27,29,38-39H,5,16-17H2,1-4H3,(H2,36,37,41)/b35-15-/t27-,29+/m1/s1. The van der Waals surface area contributed by atoms with E-state index in [4.69, 9.17) is 35.3 Å². The van der Waals surface area contributed by atoms with E-state index in [0.29, 0.717) is 62.5 Å². The molecule has 2 atom stereocenters. The zero-order valence-electron chi connectivity index (χ0n) is 25.6. The molecule has 3 aromatic carbocycles. The molecule has 0 unspecified atom stereocenters. The zero-order valence-corrected chi connectivity index (χ0v) is 27.9. The summed E-state index contributed by atoms with van der Waals surface area (Å²) >= 11 is 9.48. The van der Waals surface area contributed by atoms with Crippen LogP contribution in [0, 0.1) is 0 Å². The van der Waals surface area contributed by atoms with Crippen LogP contribution in [0.1, 0.15) is 36.6 Å². The van der Waals surface area contributed by atoms with Crippen LogP contribution < -0.4 is 35.0 Å². The van der Waals surface area contributed by atoms with Gasteiger partial charge in [0, 0.05) is 10.7 Å². The summed E-state index contributed by atoms with van der Waals surface area (Å²) in [5.41, 5.74) is 5.48. The Morgan fingerprint density at radius 1 is 1.09 bits per heavy atom. The van der Waals surface area contributed by atoms with Gasteiger partial charge in [-0.15, -0.1) is 0 Å². The molecule has 0 fully saturated rings. The SMILES string of the molecule is CCOc1cc([C@@H]2NC(=O)NC(C)=C2C(=O)OC)ccc1OC[C@@H](O)N/N=C\c1cc(Br)c(OCc2ccc(Cl)cc2)c(OC)c1. The van der Waals surface area contributed by atoms with Crippen molar-refractivity contribution in [2.24, 2.45) is 5.10 Å². The second-order valence-electron chi connectivity index (χ2n) is 9.86. The lowest BCUT2D eigenvalue weighted by Gasteiger charge is -2.28. The molecule has 4 rings (SSSR count). The first-order valence-corrected chi connectivity index (χ1v) is 15.3. The van der Waals surface area contributed by atoms with Gasteiger partial charge in [-0.05, 0) is 82.9 Å². The number of aliphatic hydroxyl groups is 1. The van der Waals surface area contributed by atoms with Crippen molar-refractivity contribution in [3.8, 4) is 23.0 Å². The Bertz CT molecular complexity index is 1620. The third-order valence-corrected chi connectivity index (χ3v) is 7.50. The van der Waals surface area contributed by atoms with E-state index in [2.05, 4.69) is 37.1 Å². The fourth-order valence-electron chi connectivity index (χ4n) is 4.51. The monoisotopic (exact) mass is 716 g/mol. The molecule has 3 aromatic rings. The third-order valence-electron chi connectivity index (χ3n) is 6.66. The Labute approximate surface area is 279 Å². The third kappa shape index (κ3) is 8.83. The van der Waals surface area contributed by atoms with Gasteiger partial charge in [0.2, 0.25) is 0 Å². The van der Waals surface area contributed by atoms with Crippen LogP contribution in [0.5, 0.6) is 23.0 Å². The predicted molar refractivity (Wildman–Crippen MR) is 175 cm³/mol. The summed E-state index contributed by atoms with van der Waals surface area (Å²) in [5, 5.41) is 20.6. The molecule has 0 aliphatic carbocycles. The number of urea groups is 1. The number of benzene rings is 3. The molecule has 0 spiro atoms. The second kappa shape index (κ2) is 16.2. The van der Waals surface area contributed by atoms with E-state index >= 15 is 0 Å². The number of aliphatic hydroxyl groups excluding tert-OH is 1. The molecule has 0 saturated heterocycles. The number of hydrazone groups is 1. The number of nitrogens with one attached hydrogen (secondary N) is 3. The number of carbonyl (C=O) groups is 2. The number of ether oxygens (including phenoxy) is 5. The maximum Gasteiger partial charge on any atom is 0.337 e. The molecule has 1 heterocycles. The topological polar surface area (TPSA) is 149 Å². The lowest BCUT2D eigenvalue weighted by molar-refractivity contribution is -0.136. The highest BCUT2D eigenvalue weighted by Crippen LogP contribution is 2.37. The van der Waals surface area contributed by atoms with Crippen molar-refractivity contribution in [1.29, 1.82) is 0 Å². The van der Waals surface area contributed by atoms with E-state index in [1.165, 1.54) is 13.3 Å². The molecule has 0 aromatic heterocycles. The number of nitrogens with zero attached hydrogens (tertiary/aromatic N) is 1. The fraction of sp³-hybridized carbons (Fsp3) is 0.281. The van der Waals surface area contributed by atoms with Crippen LogP contribution in [-0.2, 0) is 16.1 Å². The number of methoxy groups -OCH3 is 2. The summed E-state index contributed by atoms with van der Waals surface area (Å²) in [6.07, 6.45) is 0.347. The van der Waals surface area contributed by atoms with Crippen molar-refractivity contribution in [3.05, 3.63) is 92.1 Å². The van der Waals surface area contributed by atoms with E-state index in [1.807, 2.05) is 19.1 Å². The van der Waals surface area contributed by atoms with Gasteiger partial charge in [0.1, 0.15) is 13.2 Å². The largest absolute Gasteiger partial charge is 0.493 e. The van der Waals surface area contributed by atoms with Gasteiger partial charge in [0.15, 0.2) is 29.2 Å². The highest BCUT2D eigenvalue weighted by Gasteiger charge is 2.32. The summed E-state index contributed by atoms with van der Waals surface area (Å²) in [6.45, 7) is 3.91. The molecule has 0 bridgehead atoms. The molecule has 1 aliphatic rings. The molecule has 12 nitrogen and oxygen atoms in total. The Kier molecular flexibility index (Phi) is 12.1. The highest BCUT2D eigenvalue weighted by molar-refractivity contribution is 9.10. The lowest BCUT2D eigenvalue weighted by atomic mass is 9.95. The van der Waals surface area contributed by atoms with Gasteiger partial charge < -0.3 is 39.4 Å². The number of esters is 1. The van der Waals surface area contributed by atoms with Gasteiger partial charge in [-0.25, -0.2) is 9.59 Å². The second-order valence-corrected chi connectivity index (χ2v) is 11.2. The van der Waals surface area contributed by atoms with Crippen molar-refractivity contribution in [2.45, 2.75) is 32.7 Å². The molecule has 0 saturated carbocycles.